The lowest BCUT2D eigenvalue weighted by atomic mass is 9.61. The van der Waals surface area contributed by atoms with Gasteiger partial charge in [-0.1, -0.05) is 18.1 Å². The van der Waals surface area contributed by atoms with E-state index in [9.17, 15) is 9.90 Å². The van der Waals surface area contributed by atoms with E-state index in [-0.39, 0.29) is 11.4 Å². The fraction of sp³-hybridized carbons (Fsp3) is 0.667. The van der Waals surface area contributed by atoms with Crippen LogP contribution in [0.15, 0.2) is 22.3 Å². The molecule has 0 aromatic heterocycles. The lowest BCUT2D eigenvalue weighted by molar-refractivity contribution is -0.194. The second-order valence-electron chi connectivity index (χ2n) is 6.30. The van der Waals surface area contributed by atoms with Crippen molar-refractivity contribution in [2.45, 2.75) is 58.7 Å². The first kappa shape index (κ1) is 12.0. The maximum atomic E-state index is 11.7. The maximum absolute atomic E-state index is 11.7. The molecule has 98 valence electrons. The smallest absolute Gasteiger partial charge is 0.336 e. The molecular formula is C15H20O3. The lowest BCUT2D eigenvalue weighted by Crippen LogP contribution is -2.44. The average Bonchev–Trinajstić information content (AvgIpc) is 2.46. The molecule has 1 aliphatic heterocycles. The zero-order valence-corrected chi connectivity index (χ0v) is 11.3. The number of allylic oxidation sites excluding steroid dienone is 2. The molecule has 3 nitrogen and oxygen atoms in total. The zero-order valence-electron chi connectivity index (χ0n) is 11.3. The number of ether oxygens (including phenoxy) is 1. The Hall–Kier alpha value is -1.09. The van der Waals surface area contributed by atoms with Gasteiger partial charge in [0, 0.05) is 17.6 Å². The molecule has 1 N–H and O–H groups in total. The van der Waals surface area contributed by atoms with Gasteiger partial charge in [0.1, 0.15) is 0 Å². The first-order valence-corrected chi connectivity index (χ1v) is 6.71. The average molecular weight is 248 g/mol. The summed E-state index contributed by atoms with van der Waals surface area (Å²) in [6, 6.07) is 0. The van der Waals surface area contributed by atoms with Crippen molar-refractivity contribution in [3.63, 3.8) is 0 Å². The van der Waals surface area contributed by atoms with E-state index in [0.717, 1.165) is 24.8 Å². The summed E-state index contributed by atoms with van der Waals surface area (Å²) in [5.41, 5.74) is 4.24. The van der Waals surface area contributed by atoms with Crippen LogP contribution in [0.1, 0.15) is 52.9 Å². The molecule has 2 unspecified atom stereocenters. The Morgan fingerprint density at radius 1 is 1.28 bits per heavy atom. The predicted octanol–water partition coefficient (Wildman–Crippen LogP) is 2.85. The standard InChI is InChI=1S/C15H20O3/c1-9-5-4-6-14(3)8-15(17)12(7-11(9)14)10(2)13(16)18-15/h17H,4-8H2,1-3H3. The molecule has 0 bridgehead atoms. The summed E-state index contributed by atoms with van der Waals surface area (Å²) in [7, 11) is 0. The molecule has 0 saturated heterocycles. The van der Waals surface area contributed by atoms with Gasteiger partial charge in [0.25, 0.3) is 0 Å². The molecule has 3 rings (SSSR count). The van der Waals surface area contributed by atoms with Crippen molar-refractivity contribution in [3.8, 4) is 0 Å². The quantitative estimate of drug-likeness (QED) is 0.529. The Kier molecular flexibility index (Phi) is 2.31. The molecule has 0 spiro atoms. The fourth-order valence-corrected chi connectivity index (χ4v) is 3.95. The number of aliphatic hydroxyl groups is 1. The van der Waals surface area contributed by atoms with E-state index in [2.05, 4.69) is 13.8 Å². The molecule has 3 aliphatic rings. The van der Waals surface area contributed by atoms with Gasteiger partial charge in [0.2, 0.25) is 5.79 Å². The molecule has 2 atom stereocenters. The Balaban J connectivity index is 2.11. The van der Waals surface area contributed by atoms with Crippen molar-refractivity contribution >= 4 is 5.97 Å². The van der Waals surface area contributed by atoms with E-state index in [1.807, 2.05) is 0 Å². The number of rotatable bonds is 0. The summed E-state index contributed by atoms with van der Waals surface area (Å²) < 4.78 is 5.23. The second kappa shape index (κ2) is 3.47. The van der Waals surface area contributed by atoms with E-state index in [4.69, 9.17) is 4.74 Å². The summed E-state index contributed by atoms with van der Waals surface area (Å²) in [6.07, 6.45) is 4.60. The Labute approximate surface area is 108 Å². The number of hydrogen-bond acceptors (Lipinski definition) is 3. The van der Waals surface area contributed by atoms with Gasteiger partial charge in [0.15, 0.2) is 0 Å². The topological polar surface area (TPSA) is 46.5 Å². The largest absolute Gasteiger partial charge is 0.426 e. The Morgan fingerprint density at radius 3 is 2.72 bits per heavy atom. The molecule has 0 amide bonds. The second-order valence-corrected chi connectivity index (χ2v) is 6.30. The van der Waals surface area contributed by atoms with Gasteiger partial charge < -0.3 is 9.84 Å². The third-order valence-corrected chi connectivity index (χ3v) is 5.00. The third-order valence-electron chi connectivity index (χ3n) is 5.00. The van der Waals surface area contributed by atoms with Crippen LogP contribution in [0, 0.1) is 5.41 Å². The highest BCUT2D eigenvalue weighted by molar-refractivity contribution is 5.92. The summed E-state index contributed by atoms with van der Waals surface area (Å²) in [5, 5.41) is 10.6. The monoisotopic (exact) mass is 248 g/mol. The highest BCUT2D eigenvalue weighted by atomic mass is 16.7. The molecule has 0 aromatic rings. The molecule has 1 saturated carbocycles. The van der Waals surface area contributed by atoms with Crippen LogP contribution >= 0.6 is 0 Å². The van der Waals surface area contributed by atoms with E-state index in [1.165, 1.54) is 11.1 Å². The van der Waals surface area contributed by atoms with Gasteiger partial charge in [-0.05, 0) is 44.9 Å². The van der Waals surface area contributed by atoms with Gasteiger partial charge in [0.05, 0.1) is 0 Å². The van der Waals surface area contributed by atoms with Crippen LogP contribution < -0.4 is 0 Å². The van der Waals surface area contributed by atoms with Crippen LogP contribution in [0.4, 0.5) is 0 Å². The molecule has 2 aliphatic carbocycles. The van der Waals surface area contributed by atoms with Gasteiger partial charge in [-0.15, -0.1) is 0 Å². The van der Waals surface area contributed by atoms with Crippen LogP contribution in [0.25, 0.3) is 0 Å². The summed E-state index contributed by atoms with van der Waals surface area (Å²) >= 11 is 0. The van der Waals surface area contributed by atoms with Gasteiger partial charge in [-0.2, -0.15) is 0 Å². The molecule has 1 heterocycles. The number of carbonyl (C=O) groups is 1. The van der Waals surface area contributed by atoms with Crippen LogP contribution in [-0.2, 0) is 9.53 Å². The fourth-order valence-electron chi connectivity index (χ4n) is 3.95. The summed E-state index contributed by atoms with van der Waals surface area (Å²) in [5.74, 6) is -1.69. The minimum atomic E-state index is -1.34. The van der Waals surface area contributed by atoms with Crippen molar-refractivity contribution in [2.24, 2.45) is 5.41 Å². The summed E-state index contributed by atoms with van der Waals surface area (Å²) in [4.78, 5) is 11.7. The van der Waals surface area contributed by atoms with E-state index in [0.29, 0.717) is 18.4 Å². The van der Waals surface area contributed by atoms with E-state index in [1.54, 1.807) is 6.92 Å². The summed E-state index contributed by atoms with van der Waals surface area (Å²) in [6.45, 7) is 6.14. The van der Waals surface area contributed by atoms with Gasteiger partial charge in [-0.3, -0.25) is 0 Å². The molecule has 3 heteroatoms. The SMILES string of the molecule is CC1=C2CC3=C(C)C(=O)OC3(O)CC2(C)CCC1. The number of fused-ring (bicyclic) bond motifs is 2. The zero-order chi connectivity index (χ0) is 13.1. The maximum Gasteiger partial charge on any atom is 0.336 e. The minimum absolute atomic E-state index is 0.00845. The van der Waals surface area contributed by atoms with Crippen molar-refractivity contribution in [3.05, 3.63) is 22.3 Å². The Bertz CT molecular complexity index is 498. The minimum Gasteiger partial charge on any atom is -0.426 e. The van der Waals surface area contributed by atoms with Crippen molar-refractivity contribution in [2.75, 3.05) is 0 Å². The first-order valence-electron chi connectivity index (χ1n) is 6.71. The molecule has 1 fully saturated rings. The van der Waals surface area contributed by atoms with Crippen molar-refractivity contribution < 1.29 is 14.6 Å². The van der Waals surface area contributed by atoms with Gasteiger partial charge in [-0.25, -0.2) is 4.79 Å². The normalized spacial score (nSPS) is 39.7. The number of hydrogen-bond donors (Lipinski definition) is 1. The number of carbonyl (C=O) groups excluding carboxylic acids is 1. The predicted molar refractivity (Wildman–Crippen MR) is 67.6 cm³/mol. The van der Waals surface area contributed by atoms with E-state index >= 15 is 0 Å². The van der Waals surface area contributed by atoms with Crippen LogP contribution in [0.5, 0.6) is 0 Å². The molecule has 18 heavy (non-hydrogen) atoms. The van der Waals surface area contributed by atoms with Crippen LogP contribution in [0.3, 0.4) is 0 Å². The van der Waals surface area contributed by atoms with Crippen LogP contribution in [-0.4, -0.2) is 16.9 Å². The van der Waals surface area contributed by atoms with Crippen LogP contribution in [0.2, 0.25) is 0 Å². The lowest BCUT2D eigenvalue weighted by Gasteiger charge is -2.46. The third kappa shape index (κ3) is 1.43. The van der Waals surface area contributed by atoms with E-state index < -0.39 is 5.79 Å². The molecular weight excluding hydrogens is 228 g/mol. The van der Waals surface area contributed by atoms with Crippen molar-refractivity contribution in [1.82, 2.24) is 0 Å². The Morgan fingerprint density at radius 2 is 2.00 bits per heavy atom. The first-order chi connectivity index (χ1) is 8.36. The van der Waals surface area contributed by atoms with Crippen molar-refractivity contribution in [1.29, 1.82) is 0 Å². The molecule has 0 radical (unpaired) electrons. The highest BCUT2D eigenvalue weighted by Gasteiger charge is 2.54. The highest BCUT2D eigenvalue weighted by Crippen LogP contribution is 2.56. The van der Waals surface area contributed by atoms with Gasteiger partial charge >= 0.3 is 5.97 Å². The number of esters is 1. The molecule has 0 aromatic carbocycles.